The maximum atomic E-state index is 6.04. The van der Waals surface area contributed by atoms with E-state index < -0.39 is 9.04 Å². The molecule has 0 radical (unpaired) electrons. The zero-order chi connectivity index (χ0) is 10.3. The summed E-state index contributed by atoms with van der Waals surface area (Å²) in [5.74, 6) is 0.920. The number of fused-ring (bicyclic) bond motifs is 1. The summed E-state index contributed by atoms with van der Waals surface area (Å²) in [6.45, 7) is 3.51. The van der Waals surface area contributed by atoms with Crippen molar-refractivity contribution in [2.24, 2.45) is 5.92 Å². The lowest BCUT2D eigenvalue weighted by molar-refractivity contribution is 0.261. The van der Waals surface area contributed by atoms with Crippen molar-refractivity contribution in [1.82, 2.24) is 0 Å². The molecule has 86 valence electrons. The quantitative estimate of drug-likeness (QED) is 0.533. The zero-order valence-corrected chi connectivity index (χ0v) is 10.8. The number of hydrogen-bond donors (Lipinski definition) is 0. The Bertz CT molecular complexity index is 228. The highest BCUT2D eigenvalue weighted by molar-refractivity contribution is 6.53. The van der Waals surface area contributed by atoms with Crippen molar-refractivity contribution in [3.05, 3.63) is 0 Å². The van der Waals surface area contributed by atoms with Crippen LogP contribution in [0.25, 0.3) is 0 Å². The number of epoxide rings is 1. The second-order valence-electron chi connectivity index (χ2n) is 5.55. The van der Waals surface area contributed by atoms with Crippen molar-refractivity contribution in [1.29, 1.82) is 0 Å². The van der Waals surface area contributed by atoms with Gasteiger partial charge in [0.1, 0.15) is 0 Å². The summed E-state index contributed by atoms with van der Waals surface area (Å²) in [5, 5.41) is 0. The van der Waals surface area contributed by atoms with Gasteiger partial charge in [0.15, 0.2) is 9.04 Å². The molecule has 3 aliphatic rings. The number of rotatable bonds is 2. The van der Waals surface area contributed by atoms with E-state index in [1.165, 1.54) is 38.1 Å². The van der Waals surface area contributed by atoms with E-state index in [1.807, 2.05) is 0 Å². The van der Waals surface area contributed by atoms with Gasteiger partial charge in [0.2, 0.25) is 0 Å². The average Bonchev–Trinajstić information content (AvgIpc) is 3.07. The molecule has 2 aliphatic heterocycles. The van der Waals surface area contributed by atoms with Crippen LogP contribution < -0.4 is 0 Å². The van der Waals surface area contributed by atoms with Gasteiger partial charge in [-0.25, -0.2) is 0 Å². The van der Waals surface area contributed by atoms with Crippen LogP contribution in [-0.4, -0.2) is 27.9 Å². The molecule has 3 heteroatoms. The predicted octanol–water partition coefficient (Wildman–Crippen LogP) is 2.48. The third-order valence-electron chi connectivity index (χ3n) is 4.59. The van der Waals surface area contributed by atoms with Crippen LogP contribution in [-0.2, 0) is 9.16 Å². The molecule has 5 unspecified atom stereocenters. The Hall–Kier alpha value is 0.137. The maximum Gasteiger partial charge on any atom is 0.179 e. The van der Waals surface area contributed by atoms with E-state index in [9.17, 15) is 0 Å². The first kappa shape index (κ1) is 10.3. The molecule has 1 saturated carbocycles. The molecule has 0 aromatic rings. The molecular formula is C12H22O2Si. The van der Waals surface area contributed by atoms with Gasteiger partial charge in [0.25, 0.3) is 0 Å². The van der Waals surface area contributed by atoms with Crippen molar-refractivity contribution in [3.8, 4) is 0 Å². The van der Waals surface area contributed by atoms with Crippen LogP contribution in [0, 0.1) is 5.92 Å². The molecule has 0 amide bonds. The fourth-order valence-electron chi connectivity index (χ4n) is 3.40. The van der Waals surface area contributed by atoms with Crippen LogP contribution in [0.2, 0.25) is 11.6 Å². The van der Waals surface area contributed by atoms with Crippen molar-refractivity contribution >= 4 is 9.04 Å². The van der Waals surface area contributed by atoms with Crippen LogP contribution in [0.4, 0.5) is 0 Å². The molecule has 0 aromatic heterocycles. The normalized spacial score (nSPS) is 47.0. The molecule has 3 fully saturated rings. The Balaban J connectivity index is 1.55. The van der Waals surface area contributed by atoms with Crippen LogP contribution in [0.3, 0.4) is 0 Å². The molecule has 0 N–H and O–H groups in total. The first-order valence-corrected chi connectivity index (χ1v) is 8.57. The van der Waals surface area contributed by atoms with E-state index in [0.29, 0.717) is 12.2 Å². The largest absolute Gasteiger partial charge is 0.420 e. The van der Waals surface area contributed by atoms with Crippen LogP contribution >= 0.6 is 0 Å². The van der Waals surface area contributed by atoms with Crippen LogP contribution in [0.1, 0.15) is 39.0 Å². The monoisotopic (exact) mass is 226 g/mol. The van der Waals surface area contributed by atoms with Gasteiger partial charge >= 0.3 is 0 Å². The topological polar surface area (TPSA) is 21.8 Å². The highest BCUT2D eigenvalue weighted by atomic mass is 28.3. The highest BCUT2D eigenvalue weighted by Crippen LogP contribution is 2.45. The lowest BCUT2D eigenvalue weighted by atomic mass is 9.87. The first-order valence-electron chi connectivity index (χ1n) is 6.61. The molecule has 0 bridgehead atoms. The third-order valence-corrected chi connectivity index (χ3v) is 7.95. The lowest BCUT2D eigenvalue weighted by Gasteiger charge is -2.33. The Labute approximate surface area is 94.1 Å². The minimum Gasteiger partial charge on any atom is -0.420 e. The second-order valence-corrected chi connectivity index (χ2v) is 8.59. The molecule has 2 nitrogen and oxygen atoms in total. The molecule has 0 spiro atoms. The SMILES string of the molecule is CC(C1CCC2OC2C1)[SiH]1CCCCO1. The van der Waals surface area contributed by atoms with Crippen molar-refractivity contribution in [2.75, 3.05) is 6.61 Å². The molecular weight excluding hydrogens is 204 g/mol. The Kier molecular flexibility index (Phi) is 2.88. The minimum atomic E-state index is -0.858. The molecule has 3 rings (SSSR count). The zero-order valence-electron chi connectivity index (χ0n) is 9.65. The molecule has 2 saturated heterocycles. The van der Waals surface area contributed by atoms with Crippen molar-refractivity contribution < 1.29 is 9.16 Å². The van der Waals surface area contributed by atoms with Gasteiger partial charge in [-0.05, 0) is 43.2 Å². The van der Waals surface area contributed by atoms with E-state index in [4.69, 9.17) is 9.16 Å². The Morgan fingerprint density at radius 3 is 2.87 bits per heavy atom. The van der Waals surface area contributed by atoms with E-state index in [0.717, 1.165) is 18.1 Å². The van der Waals surface area contributed by atoms with Gasteiger partial charge < -0.3 is 9.16 Å². The predicted molar refractivity (Wildman–Crippen MR) is 62.6 cm³/mol. The highest BCUT2D eigenvalue weighted by Gasteiger charge is 2.46. The van der Waals surface area contributed by atoms with Crippen molar-refractivity contribution in [3.63, 3.8) is 0 Å². The van der Waals surface area contributed by atoms with E-state index in [2.05, 4.69) is 6.92 Å². The fraction of sp³-hybridized carbons (Fsp3) is 1.00. The lowest BCUT2D eigenvalue weighted by Crippen LogP contribution is -2.33. The fourth-order valence-corrected chi connectivity index (χ4v) is 6.51. The summed E-state index contributed by atoms with van der Waals surface area (Å²) in [6.07, 6.45) is 8.08. The molecule has 5 atom stereocenters. The summed E-state index contributed by atoms with van der Waals surface area (Å²) in [4.78, 5) is 0. The smallest absolute Gasteiger partial charge is 0.179 e. The standard InChI is InChI=1S/C12H22O2Si/c1-9(15-7-3-2-6-13-15)10-4-5-11-12(8-10)14-11/h9-12,15H,2-8H2,1H3. The van der Waals surface area contributed by atoms with E-state index in [1.54, 1.807) is 0 Å². The van der Waals surface area contributed by atoms with Gasteiger partial charge in [0.05, 0.1) is 12.2 Å². The first-order chi connectivity index (χ1) is 7.34. The van der Waals surface area contributed by atoms with Crippen LogP contribution in [0.5, 0.6) is 0 Å². The minimum absolute atomic E-state index is 0.642. The van der Waals surface area contributed by atoms with Gasteiger partial charge in [-0.1, -0.05) is 13.3 Å². The summed E-state index contributed by atoms with van der Waals surface area (Å²) in [6, 6.07) is 1.42. The van der Waals surface area contributed by atoms with E-state index >= 15 is 0 Å². The summed E-state index contributed by atoms with van der Waals surface area (Å²) in [7, 11) is -0.858. The summed E-state index contributed by atoms with van der Waals surface area (Å²) < 4.78 is 11.7. The molecule has 15 heavy (non-hydrogen) atoms. The van der Waals surface area contributed by atoms with Crippen LogP contribution in [0.15, 0.2) is 0 Å². The van der Waals surface area contributed by atoms with Gasteiger partial charge in [-0.2, -0.15) is 0 Å². The second kappa shape index (κ2) is 4.19. The number of ether oxygens (including phenoxy) is 1. The maximum absolute atomic E-state index is 6.04. The van der Waals surface area contributed by atoms with Gasteiger partial charge in [0, 0.05) is 6.61 Å². The molecule has 2 heterocycles. The summed E-state index contributed by atoms with van der Waals surface area (Å²) >= 11 is 0. The van der Waals surface area contributed by atoms with Gasteiger partial charge in [-0.15, -0.1) is 0 Å². The Morgan fingerprint density at radius 1 is 1.20 bits per heavy atom. The average molecular weight is 226 g/mol. The third kappa shape index (κ3) is 2.15. The van der Waals surface area contributed by atoms with Crippen molar-refractivity contribution in [2.45, 2.75) is 62.8 Å². The number of hydrogen-bond acceptors (Lipinski definition) is 2. The van der Waals surface area contributed by atoms with E-state index in [-0.39, 0.29) is 0 Å². The summed E-state index contributed by atoms with van der Waals surface area (Å²) in [5.41, 5.74) is 0.885. The molecule has 0 aromatic carbocycles. The molecule has 1 aliphatic carbocycles. The Morgan fingerprint density at radius 2 is 2.13 bits per heavy atom. The van der Waals surface area contributed by atoms with Gasteiger partial charge in [-0.3, -0.25) is 0 Å².